The Balaban J connectivity index is 2.09. The molecule has 0 fully saturated rings. The summed E-state index contributed by atoms with van der Waals surface area (Å²) in [6.45, 7) is 3.26. The molecule has 0 radical (unpaired) electrons. The number of rotatable bonds is 4. The first-order valence-corrected chi connectivity index (χ1v) is 6.19. The molecule has 0 aliphatic carbocycles. The molecule has 0 aliphatic heterocycles. The van der Waals surface area contributed by atoms with E-state index in [-0.39, 0.29) is 0 Å². The predicted octanol–water partition coefficient (Wildman–Crippen LogP) is 1.34. The molecule has 0 atom stereocenters. The van der Waals surface area contributed by atoms with Gasteiger partial charge in [0, 0.05) is 36.4 Å². The second-order valence-corrected chi connectivity index (χ2v) is 4.75. The molecule has 0 spiro atoms. The van der Waals surface area contributed by atoms with E-state index in [9.17, 15) is 0 Å². The zero-order valence-corrected chi connectivity index (χ0v) is 10.7. The summed E-state index contributed by atoms with van der Waals surface area (Å²) in [6.07, 6.45) is 3.52. The van der Waals surface area contributed by atoms with Gasteiger partial charge in [-0.25, -0.2) is 15.0 Å². The molecule has 0 saturated carbocycles. The average molecular weight is 249 g/mol. The van der Waals surface area contributed by atoms with Gasteiger partial charge in [0.05, 0.1) is 17.7 Å². The first-order chi connectivity index (χ1) is 8.20. The largest absolute Gasteiger partial charge is 0.339 e. The summed E-state index contributed by atoms with van der Waals surface area (Å²) in [5.74, 6) is 0.704. The fraction of sp³-hybridized carbons (Fsp3) is 0.364. The van der Waals surface area contributed by atoms with Crippen LogP contribution in [0.25, 0.3) is 0 Å². The maximum Gasteiger partial charge on any atom is 0.225 e. The molecule has 2 rings (SSSR count). The number of aromatic nitrogens is 3. The van der Waals surface area contributed by atoms with Crippen molar-refractivity contribution >= 4 is 17.3 Å². The van der Waals surface area contributed by atoms with Gasteiger partial charge in [0.1, 0.15) is 0 Å². The molecular formula is C11H15N5S. The lowest BCUT2D eigenvalue weighted by Gasteiger charge is -2.16. The van der Waals surface area contributed by atoms with Crippen LogP contribution < -0.4 is 10.6 Å². The number of hydrogen-bond acceptors (Lipinski definition) is 6. The lowest BCUT2D eigenvalue weighted by atomic mass is 10.3. The van der Waals surface area contributed by atoms with Crippen LogP contribution in [-0.2, 0) is 13.1 Å². The van der Waals surface area contributed by atoms with E-state index in [0.29, 0.717) is 12.5 Å². The summed E-state index contributed by atoms with van der Waals surface area (Å²) >= 11 is 1.65. The van der Waals surface area contributed by atoms with E-state index < -0.39 is 0 Å². The first kappa shape index (κ1) is 11.9. The van der Waals surface area contributed by atoms with Crippen molar-refractivity contribution < 1.29 is 0 Å². The van der Waals surface area contributed by atoms with Gasteiger partial charge in [0.2, 0.25) is 5.95 Å². The van der Waals surface area contributed by atoms with Gasteiger partial charge in [-0.15, -0.1) is 11.3 Å². The maximum atomic E-state index is 5.51. The first-order valence-electron chi connectivity index (χ1n) is 5.31. The van der Waals surface area contributed by atoms with E-state index in [1.807, 2.05) is 24.4 Å². The summed E-state index contributed by atoms with van der Waals surface area (Å²) in [7, 11) is 1.97. The molecule has 2 aromatic rings. The normalized spacial score (nSPS) is 10.5. The predicted molar refractivity (Wildman–Crippen MR) is 68.9 cm³/mol. The van der Waals surface area contributed by atoms with Crippen molar-refractivity contribution in [2.24, 2.45) is 5.73 Å². The highest BCUT2D eigenvalue weighted by molar-refractivity contribution is 7.09. The van der Waals surface area contributed by atoms with Crippen molar-refractivity contribution in [2.45, 2.75) is 20.0 Å². The molecule has 2 heterocycles. The Morgan fingerprint density at radius 3 is 2.53 bits per heavy atom. The second-order valence-electron chi connectivity index (χ2n) is 3.81. The number of hydrogen-bond donors (Lipinski definition) is 1. The molecule has 0 aromatic carbocycles. The van der Waals surface area contributed by atoms with Crippen molar-refractivity contribution in [2.75, 3.05) is 11.9 Å². The smallest absolute Gasteiger partial charge is 0.225 e. The molecule has 17 heavy (non-hydrogen) atoms. The van der Waals surface area contributed by atoms with E-state index in [1.165, 1.54) is 4.88 Å². The van der Waals surface area contributed by atoms with Crippen LogP contribution in [0, 0.1) is 6.92 Å². The highest BCUT2D eigenvalue weighted by atomic mass is 32.1. The van der Waals surface area contributed by atoms with Crippen LogP contribution in [0.4, 0.5) is 5.95 Å². The van der Waals surface area contributed by atoms with Gasteiger partial charge >= 0.3 is 0 Å². The summed E-state index contributed by atoms with van der Waals surface area (Å²) in [6, 6.07) is 0. The summed E-state index contributed by atoms with van der Waals surface area (Å²) in [4.78, 5) is 16.0. The van der Waals surface area contributed by atoms with Crippen LogP contribution in [0.15, 0.2) is 17.9 Å². The molecule has 0 aliphatic rings. The monoisotopic (exact) mass is 249 g/mol. The molecule has 90 valence electrons. The van der Waals surface area contributed by atoms with Crippen molar-refractivity contribution in [3.63, 3.8) is 0 Å². The van der Waals surface area contributed by atoms with Crippen molar-refractivity contribution in [1.82, 2.24) is 15.0 Å². The van der Waals surface area contributed by atoms with Crippen molar-refractivity contribution in [3.8, 4) is 0 Å². The number of nitrogens with zero attached hydrogens (tertiary/aromatic N) is 4. The standard InChI is InChI=1S/C11H15N5S/c1-8-10(17-7-15-8)6-16(2)11-13-4-9(3-12)5-14-11/h4-5,7H,3,6,12H2,1-2H3. The molecule has 0 amide bonds. The van der Waals surface area contributed by atoms with E-state index in [4.69, 9.17) is 5.73 Å². The zero-order valence-electron chi connectivity index (χ0n) is 9.92. The molecule has 2 aromatic heterocycles. The van der Waals surface area contributed by atoms with Crippen LogP contribution >= 0.6 is 11.3 Å². The third-order valence-corrected chi connectivity index (χ3v) is 3.41. The summed E-state index contributed by atoms with van der Waals surface area (Å²) in [5.41, 5.74) is 9.37. The van der Waals surface area contributed by atoms with Gasteiger partial charge in [-0.3, -0.25) is 0 Å². The van der Waals surface area contributed by atoms with E-state index in [1.54, 1.807) is 23.7 Å². The maximum absolute atomic E-state index is 5.51. The van der Waals surface area contributed by atoms with E-state index >= 15 is 0 Å². The SMILES string of the molecule is Cc1ncsc1CN(C)c1ncc(CN)cn1. The minimum absolute atomic E-state index is 0.470. The molecular weight excluding hydrogens is 234 g/mol. The molecule has 0 bridgehead atoms. The van der Waals surface area contributed by atoms with Crippen molar-refractivity contribution in [3.05, 3.63) is 34.0 Å². The molecule has 0 saturated heterocycles. The molecule has 6 heteroatoms. The van der Waals surface area contributed by atoms with E-state index in [0.717, 1.165) is 17.8 Å². The van der Waals surface area contributed by atoms with Crippen LogP contribution in [0.1, 0.15) is 16.1 Å². The fourth-order valence-corrected chi connectivity index (χ4v) is 2.24. The molecule has 0 unspecified atom stereocenters. The number of aryl methyl sites for hydroxylation is 1. The third-order valence-electron chi connectivity index (χ3n) is 2.49. The minimum atomic E-state index is 0.470. The summed E-state index contributed by atoms with van der Waals surface area (Å²) < 4.78 is 0. The molecule has 5 nitrogen and oxygen atoms in total. The van der Waals surface area contributed by atoms with Gasteiger partial charge in [0.15, 0.2) is 0 Å². The third kappa shape index (κ3) is 2.78. The van der Waals surface area contributed by atoms with Crippen LogP contribution in [-0.4, -0.2) is 22.0 Å². The quantitative estimate of drug-likeness (QED) is 0.885. The van der Waals surface area contributed by atoms with Gasteiger partial charge in [-0.1, -0.05) is 0 Å². The Morgan fingerprint density at radius 2 is 2.00 bits per heavy atom. The Labute approximate surface area is 104 Å². The van der Waals surface area contributed by atoms with Gasteiger partial charge in [0.25, 0.3) is 0 Å². The zero-order chi connectivity index (χ0) is 12.3. The van der Waals surface area contributed by atoms with Crippen molar-refractivity contribution in [1.29, 1.82) is 0 Å². The van der Waals surface area contributed by atoms with Gasteiger partial charge in [-0.2, -0.15) is 0 Å². The highest BCUT2D eigenvalue weighted by Crippen LogP contribution is 2.16. The fourth-order valence-electron chi connectivity index (χ4n) is 1.41. The van der Waals surface area contributed by atoms with Crippen LogP contribution in [0.5, 0.6) is 0 Å². The van der Waals surface area contributed by atoms with Gasteiger partial charge in [-0.05, 0) is 6.92 Å². The topological polar surface area (TPSA) is 67.9 Å². The Kier molecular flexibility index (Phi) is 3.65. The average Bonchev–Trinajstić information content (AvgIpc) is 2.75. The van der Waals surface area contributed by atoms with Crippen LogP contribution in [0.3, 0.4) is 0 Å². The van der Waals surface area contributed by atoms with Crippen LogP contribution in [0.2, 0.25) is 0 Å². The second kappa shape index (κ2) is 5.20. The highest BCUT2D eigenvalue weighted by Gasteiger charge is 2.08. The summed E-state index contributed by atoms with van der Waals surface area (Å²) in [5, 5.41) is 0. The Hall–Kier alpha value is -1.53. The molecule has 2 N–H and O–H groups in total. The van der Waals surface area contributed by atoms with E-state index in [2.05, 4.69) is 15.0 Å². The van der Waals surface area contributed by atoms with Gasteiger partial charge < -0.3 is 10.6 Å². The number of thiazole rings is 1. The lowest BCUT2D eigenvalue weighted by Crippen LogP contribution is -2.19. The number of nitrogens with two attached hydrogens (primary N) is 1. The minimum Gasteiger partial charge on any atom is -0.339 e. The lowest BCUT2D eigenvalue weighted by molar-refractivity contribution is 0.860. The Morgan fingerprint density at radius 1 is 1.29 bits per heavy atom. The Bertz CT molecular complexity index is 479. The number of anilines is 1.